The van der Waals surface area contributed by atoms with Crippen molar-refractivity contribution in [3.8, 4) is 0 Å². The Kier molecular flexibility index (Phi) is 3.36. The molecule has 1 aromatic carbocycles. The number of aromatic amines is 1. The molecular weight excluding hydrogens is 340 g/mol. The number of fused-ring (bicyclic) bond motifs is 2. The lowest BCUT2D eigenvalue weighted by molar-refractivity contribution is -0.110. The first-order valence-electron chi connectivity index (χ1n) is 7.48. The molecule has 4 rings (SSSR count). The normalized spacial score (nSPS) is 15.4. The van der Waals surface area contributed by atoms with Gasteiger partial charge in [0.1, 0.15) is 5.65 Å². The van der Waals surface area contributed by atoms with E-state index < -0.39 is 10.0 Å². The topological polar surface area (TPSA) is 104 Å². The molecule has 0 spiro atoms. The Morgan fingerprint density at radius 2 is 2.08 bits per heavy atom. The van der Waals surface area contributed by atoms with Crippen molar-refractivity contribution >= 4 is 50.0 Å². The summed E-state index contributed by atoms with van der Waals surface area (Å²) in [5, 5.41) is 3.69. The minimum atomic E-state index is -3.39. The predicted molar refractivity (Wildman–Crippen MR) is 97.5 cm³/mol. The van der Waals surface area contributed by atoms with Crippen LogP contribution in [0.1, 0.15) is 11.1 Å². The van der Waals surface area contributed by atoms with E-state index >= 15 is 0 Å². The van der Waals surface area contributed by atoms with Crippen LogP contribution >= 0.6 is 0 Å². The maximum Gasteiger partial charge on any atom is 0.256 e. The first kappa shape index (κ1) is 15.4. The minimum absolute atomic E-state index is 0.232. The summed E-state index contributed by atoms with van der Waals surface area (Å²) in [4.78, 5) is 19.6. The van der Waals surface area contributed by atoms with E-state index in [4.69, 9.17) is 0 Å². The Bertz CT molecular complexity index is 1150. The second-order valence-corrected chi connectivity index (χ2v) is 7.54. The van der Waals surface area contributed by atoms with Gasteiger partial charge in [-0.05, 0) is 36.4 Å². The Balaban J connectivity index is 1.82. The molecule has 0 aliphatic carbocycles. The number of amides is 1. The Morgan fingerprint density at radius 1 is 1.24 bits per heavy atom. The summed E-state index contributed by atoms with van der Waals surface area (Å²) in [6, 6.07) is 8.68. The van der Waals surface area contributed by atoms with Crippen molar-refractivity contribution in [1.29, 1.82) is 0 Å². The van der Waals surface area contributed by atoms with Crippen molar-refractivity contribution in [2.24, 2.45) is 0 Å². The van der Waals surface area contributed by atoms with E-state index in [9.17, 15) is 13.2 Å². The van der Waals surface area contributed by atoms with E-state index in [0.717, 1.165) is 22.9 Å². The van der Waals surface area contributed by atoms with Gasteiger partial charge >= 0.3 is 0 Å². The van der Waals surface area contributed by atoms with Crippen LogP contribution in [0.25, 0.3) is 22.7 Å². The SMILES string of the molecule is CS(=O)(=O)Nc1ccc2c(c1)/C(=C\c1c[nH]c3ncccc13)C(=O)N2. The molecule has 3 aromatic rings. The van der Waals surface area contributed by atoms with Crippen LogP contribution in [0.2, 0.25) is 0 Å². The third-order valence-corrected chi connectivity index (χ3v) is 4.50. The van der Waals surface area contributed by atoms with E-state index in [1.54, 1.807) is 36.7 Å². The number of carbonyl (C=O) groups is 1. The fourth-order valence-electron chi connectivity index (χ4n) is 2.86. The second-order valence-electron chi connectivity index (χ2n) is 5.79. The third kappa shape index (κ3) is 2.87. The van der Waals surface area contributed by atoms with Gasteiger partial charge in [0.05, 0.1) is 6.26 Å². The van der Waals surface area contributed by atoms with Crippen LogP contribution < -0.4 is 10.0 Å². The molecular formula is C17H14N4O3S. The summed E-state index contributed by atoms with van der Waals surface area (Å²) >= 11 is 0. The zero-order valence-electron chi connectivity index (χ0n) is 13.2. The molecule has 0 atom stereocenters. The van der Waals surface area contributed by atoms with Gasteiger partial charge in [-0.2, -0.15) is 0 Å². The molecule has 126 valence electrons. The number of anilines is 2. The molecule has 3 heterocycles. The summed E-state index contributed by atoms with van der Waals surface area (Å²) in [5.41, 5.74) is 3.74. The first-order chi connectivity index (χ1) is 11.9. The number of rotatable bonds is 3. The van der Waals surface area contributed by atoms with Crippen molar-refractivity contribution < 1.29 is 13.2 Å². The zero-order valence-corrected chi connectivity index (χ0v) is 14.0. The molecule has 2 aromatic heterocycles. The monoisotopic (exact) mass is 354 g/mol. The highest BCUT2D eigenvalue weighted by Gasteiger charge is 2.25. The molecule has 0 saturated heterocycles. The van der Waals surface area contributed by atoms with Crippen molar-refractivity contribution in [3.63, 3.8) is 0 Å². The van der Waals surface area contributed by atoms with E-state index in [2.05, 4.69) is 20.0 Å². The number of hydrogen-bond acceptors (Lipinski definition) is 4. The Labute approximate surface area is 143 Å². The summed E-state index contributed by atoms with van der Waals surface area (Å²) in [6.45, 7) is 0. The lowest BCUT2D eigenvalue weighted by atomic mass is 10.0. The highest BCUT2D eigenvalue weighted by Crippen LogP contribution is 2.36. The van der Waals surface area contributed by atoms with Crippen molar-refractivity contribution in [2.75, 3.05) is 16.3 Å². The van der Waals surface area contributed by atoms with Gasteiger partial charge in [-0.15, -0.1) is 0 Å². The molecule has 1 aliphatic heterocycles. The van der Waals surface area contributed by atoms with Gasteiger partial charge in [-0.3, -0.25) is 9.52 Å². The lowest BCUT2D eigenvalue weighted by Gasteiger charge is -2.06. The van der Waals surface area contributed by atoms with E-state index in [1.807, 2.05) is 12.1 Å². The van der Waals surface area contributed by atoms with Gasteiger partial charge in [0, 0.05) is 45.9 Å². The molecule has 7 nitrogen and oxygen atoms in total. The van der Waals surface area contributed by atoms with E-state index in [0.29, 0.717) is 22.5 Å². The highest BCUT2D eigenvalue weighted by molar-refractivity contribution is 7.92. The zero-order chi connectivity index (χ0) is 17.6. The smallest absolute Gasteiger partial charge is 0.256 e. The van der Waals surface area contributed by atoms with Crippen LogP contribution in [0.5, 0.6) is 0 Å². The van der Waals surface area contributed by atoms with Crippen LogP contribution in [-0.2, 0) is 14.8 Å². The Hall–Kier alpha value is -3.13. The van der Waals surface area contributed by atoms with E-state index in [-0.39, 0.29) is 5.91 Å². The van der Waals surface area contributed by atoms with Gasteiger partial charge in [-0.25, -0.2) is 13.4 Å². The molecule has 3 N–H and O–H groups in total. The van der Waals surface area contributed by atoms with Gasteiger partial charge in [-0.1, -0.05) is 0 Å². The molecule has 0 saturated carbocycles. The summed E-state index contributed by atoms with van der Waals surface area (Å²) in [7, 11) is -3.39. The minimum Gasteiger partial charge on any atom is -0.346 e. The van der Waals surface area contributed by atoms with Crippen LogP contribution in [0.15, 0.2) is 42.7 Å². The maximum atomic E-state index is 12.3. The molecule has 0 fully saturated rings. The summed E-state index contributed by atoms with van der Waals surface area (Å²) in [6.07, 6.45) is 6.33. The highest BCUT2D eigenvalue weighted by atomic mass is 32.2. The molecule has 0 bridgehead atoms. The Morgan fingerprint density at radius 3 is 2.88 bits per heavy atom. The first-order valence-corrected chi connectivity index (χ1v) is 9.37. The number of pyridine rings is 1. The van der Waals surface area contributed by atoms with Crippen LogP contribution in [0, 0.1) is 0 Å². The number of nitrogens with zero attached hydrogens (tertiary/aromatic N) is 1. The average Bonchev–Trinajstić information content (AvgIpc) is 3.08. The standard InChI is InChI=1S/C17H14N4O3S/c1-25(23,24)21-11-4-5-15-13(8-11)14(17(22)20-15)7-10-9-19-16-12(10)3-2-6-18-16/h2-9,21H,1H3,(H,18,19)(H,20,22)/b14-7+. The molecule has 1 aliphatic rings. The van der Waals surface area contributed by atoms with Crippen LogP contribution in [-0.4, -0.2) is 30.5 Å². The number of nitrogens with one attached hydrogen (secondary N) is 3. The van der Waals surface area contributed by atoms with Crippen molar-refractivity contribution in [3.05, 3.63) is 53.9 Å². The van der Waals surface area contributed by atoms with E-state index in [1.165, 1.54) is 0 Å². The van der Waals surface area contributed by atoms with Crippen LogP contribution in [0.3, 0.4) is 0 Å². The summed E-state index contributed by atoms with van der Waals surface area (Å²) < 4.78 is 25.3. The maximum absolute atomic E-state index is 12.3. The predicted octanol–water partition coefficient (Wildman–Crippen LogP) is 2.43. The molecule has 0 radical (unpaired) electrons. The van der Waals surface area contributed by atoms with Gasteiger partial charge < -0.3 is 10.3 Å². The fourth-order valence-corrected chi connectivity index (χ4v) is 3.42. The molecule has 25 heavy (non-hydrogen) atoms. The third-order valence-electron chi connectivity index (χ3n) is 3.89. The number of benzene rings is 1. The van der Waals surface area contributed by atoms with Crippen molar-refractivity contribution in [1.82, 2.24) is 9.97 Å². The molecule has 1 amide bonds. The number of carbonyl (C=O) groups excluding carboxylic acids is 1. The number of hydrogen-bond donors (Lipinski definition) is 3. The average molecular weight is 354 g/mol. The number of sulfonamides is 1. The largest absolute Gasteiger partial charge is 0.346 e. The van der Waals surface area contributed by atoms with Crippen LogP contribution in [0.4, 0.5) is 11.4 Å². The fraction of sp³-hybridized carbons (Fsp3) is 0.0588. The quantitative estimate of drug-likeness (QED) is 0.628. The molecule has 0 unspecified atom stereocenters. The van der Waals surface area contributed by atoms with Gasteiger partial charge in [0.15, 0.2) is 0 Å². The van der Waals surface area contributed by atoms with Gasteiger partial charge in [0.2, 0.25) is 10.0 Å². The van der Waals surface area contributed by atoms with Gasteiger partial charge in [0.25, 0.3) is 5.91 Å². The summed E-state index contributed by atoms with van der Waals surface area (Å²) in [5.74, 6) is -0.232. The number of H-pyrrole nitrogens is 1. The second kappa shape index (κ2) is 5.45. The lowest BCUT2D eigenvalue weighted by Crippen LogP contribution is -2.09. The van der Waals surface area contributed by atoms with Crippen molar-refractivity contribution in [2.45, 2.75) is 0 Å². The molecule has 8 heteroatoms. The number of aromatic nitrogens is 2.